The minimum absolute atomic E-state index is 0.00181. The molecule has 0 aliphatic carbocycles. The number of carbonyl (C=O) groups is 2. The SMILES string of the molecule is O=C(NO)c1ccc2c(c1)C1CCC2N1C(=O)c1cc2ccccc2o1. The lowest BCUT2D eigenvalue weighted by molar-refractivity contribution is 0.0666. The van der Waals surface area contributed by atoms with Crippen LogP contribution < -0.4 is 5.48 Å². The van der Waals surface area contributed by atoms with E-state index < -0.39 is 5.91 Å². The topological polar surface area (TPSA) is 82.8 Å². The Hall–Kier alpha value is -3.12. The molecule has 26 heavy (non-hydrogen) atoms. The maximum atomic E-state index is 13.1. The van der Waals surface area contributed by atoms with Gasteiger partial charge in [0.25, 0.3) is 11.8 Å². The summed E-state index contributed by atoms with van der Waals surface area (Å²) in [5, 5.41) is 9.75. The second-order valence-corrected chi connectivity index (χ2v) is 6.75. The molecule has 0 saturated carbocycles. The lowest BCUT2D eigenvalue weighted by Crippen LogP contribution is -2.27. The molecule has 2 aliphatic rings. The van der Waals surface area contributed by atoms with Crippen LogP contribution in [0.3, 0.4) is 0 Å². The zero-order chi connectivity index (χ0) is 17.8. The van der Waals surface area contributed by atoms with E-state index in [4.69, 9.17) is 9.62 Å². The van der Waals surface area contributed by atoms with Crippen molar-refractivity contribution >= 4 is 22.8 Å². The standard InChI is InChI=1S/C20H16N2O4/c23-19(21-25)12-5-6-13-14(9-12)16-8-7-15(13)22(16)20(24)18-10-11-3-1-2-4-17(11)26-18/h1-6,9-10,15-16,25H,7-8H2,(H,21,23). The van der Waals surface area contributed by atoms with E-state index in [0.29, 0.717) is 16.9 Å². The Balaban J connectivity index is 1.52. The zero-order valence-corrected chi connectivity index (χ0v) is 13.8. The minimum Gasteiger partial charge on any atom is -0.451 e. The molecular weight excluding hydrogens is 332 g/mol. The number of rotatable bonds is 2. The second-order valence-electron chi connectivity index (χ2n) is 6.75. The molecule has 6 heteroatoms. The molecule has 2 N–H and O–H groups in total. The third-order valence-corrected chi connectivity index (χ3v) is 5.42. The highest BCUT2D eigenvalue weighted by atomic mass is 16.5. The van der Waals surface area contributed by atoms with Gasteiger partial charge in [-0.05, 0) is 48.2 Å². The minimum atomic E-state index is -0.550. The van der Waals surface area contributed by atoms with Crippen LogP contribution in [-0.2, 0) is 0 Å². The largest absolute Gasteiger partial charge is 0.451 e. The Morgan fingerprint density at radius 2 is 1.81 bits per heavy atom. The molecule has 2 amide bonds. The zero-order valence-electron chi connectivity index (χ0n) is 13.8. The van der Waals surface area contributed by atoms with Gasteiger partial charge in [-0.15, -0.1) is 0 Å². The summed E-state index contributed by atoms with van der Waals surface area (Å²) in [7, 11) is 0. The van der Waals surface area contributed by atoms with Gasteiger partial charge in [-0.3, -0.25) is 14.8 Å². The van der Waals surface area contributed by atoms with Gasteiger partial charge in [0.1, 0.15) is 5.58 Å². The molecule has 5 rings (SSSR count). The molecule has 1 aromatic heterocycles. The molecule has 3 heterocycles. The van der Waals surface area contributed by atoms with Crippen LogP contribution >= 0.6 is 0 Å². The lowest BCUT2D eigenvalue weighted by Gasteiger charge is -2.21. The maximum absolute atomic E-state index is 13.1. The van der Waals surface area contributed by atoms with Gasteiger partial charge >= 0.3 is 0 Å². The van der Waals surface area contributed by atoms with Crippen LogP contribution in [0.25, 0.3) is 11.0 Å². The van der Waals surface area contributed by atoms with Gasteiger partial charge in [-0.25, -0.2) is 5.48 Å². The Labute approximate surface area is 149 Å². The van der Waals surface area contributed by atoms with Crippen molar-refractivity contribution in [2.24, 2.45) is 0 Å². The molecule has 2 aliphatic heterocycles. The highest BCUT2D eigenvalue weighted by Gasteiger charge is 2.47. The van der Waals surface area contributed by atoms with E-state index >= 15 is 0 Å². The predicted molar refractivity (Wildman–Crippen MR) is 92.8 cm³/mol. The highest BCUT2D eigenvalue weighted by Crippen LogP contribution is 2.53. The Morgan fingerprint density at radius 1 is 1.04 bits per heavy atom. The van der Waals surface area contributed by atoms with Gasteiger partial charge in [0, 0.05) is 10.9 Å². The van der Waals surface area contributed by atoms with E-state index in [-0.39, 0.29) is 18.0 Å². The summed E-state index contributed by atoms with van der Waals surface area (Å²) < 4.78 is 5.76. The van der Waals surface area contributed by atoms with Crippen molar-refractivity contribution in [3.63, 3.8) is 0 Å². The molecule has 1 fully saturated rings. The molecule has 2 atom stereocenters. The fourth-order valence-corrected chi connectivity index (χ4v) is 4.29. The summed E-state index contributed by atoms with van der Waals surface area (Å²) >= 11 is 0. The van der Waals surface area contributed by atoms with Crippen molar-refractivity contribution in [3.8, 4) is 0 Å². The van der Waals surface area contributed by atoms with Gasteiger partial charge in [0.2, 0.25) is 0 Å². The number of amides is 2. The number of fused-ring (bicyclic) bond motifs is 6. The van der Waals surface area contributed by atoms with Crippen LogP contribution in [0.4, 0.5) is 0 Å². The number of carbonyl (C=O) groups excluding carboxylic acids is 2. The Bertz CT molecular complexity index is 1020. The Kier molecular flexibility index (Phi) is 3.17. The normalized spacial score (nSPS) is 20.4. The van der Waals surface area contributed by atoms with E-state index in [1.165, 1.54) is 0 Å². The smallest absolute Gasteiger partial charge is 0.290 e. The average Bonchev–Trinajstić information content (AvgIpc) is 3.37. The van der Waals surface area contributed by atoms with Crippen LogP contribution in [0.15, 0.2) is 52.9 Å². The van der Waals surface area contributed by atoms with Crippen LogP contribution in [0, 0.1) is 0 Å². The first kappa shape index (κ1) is 15.2. The fraction of sp³-hybridized carbons (Fsp3) is 0.200. The molecule has 0 radical (unpaired) electrons. The fourth-order valence-electron chi connectivity index (χ4n) is 4.29. The van der Waals surface area contributed by atoms with Crippen LogP contribution in [0.1, 0.15) is 57.0 Å². The van der Waals surface area contributed by atoms with Crippen molar-refractivity contribution < 1.29 is 19.2 Å². The molecule has 2 unspecified atom stereocenters. The number of hydroxylamine groups is 1. The van der Waals surface area contributed by atoms with E-state index in [2.05, 4.69) is 0 Å². The van der Waals surface area contributed by atoms with Crippen molar-refractivity contribution in [3.05, 3.63) is 71.0 Å². The number of para-hydroxylation sites is 1. The average molecular weight is 348 g/mol. The lowest BCUT2D eigenvalue weighted by atomic mass is 9.90. The van der Waals surface area contributed by atoms with Gasteiger partial charge in [0.05, 0.1) is 12.1 Å². The number of benzene rings is 2. The number of hydrogen-bond donors (Lipinski definition) is 2. The molecule has 6 nitrogen and oxygen atoms in total. The number of furan rings is 1. The van der Waals surface area contributed by atoms with Gasteiger partial charge in [-0.2, -0.15) is 0 Å². The molecule has 0 spiro atoms. The summed E-state index contributed by atoms with van der Waals surface area (Å²) in [6, 6.07) is 14.6. The predicted octanol–water partition coefficient (Wildman–Crippen LogP) is 3.58. The second kappa shape index (κ2) is 5.44. The number of nitrogens with one attached hydrogen (secondary N) is 1. The van der Waals surface area contributed by atoms with Gasteiger partial charge < -0.3 is 9.32 Å². The summed E-state index contributed by atoms with van der Waals surface area (Å²) in [5.74, 6) is -0.340. The third-order valence-electron chi connectivity index (χ3n) is 5.42. The van der Waals surface area contributed by atoms with E-state index in [0.717, 1.165) is 29.4 Å². The molecule has 130 valence electrons. The van der Waals surface area contributed by atoms with Gasteiger partial charge in [0.15, 0.2) is 5.76 Å². The highest BCUT2D eigenvalue weighted by molar-refractivity contribution is 5.97. The van der Waals surface area contributed by atoms with Crippen molar-refractivity contribution in [1.29, 1.82) is 0 Å². The summed E-state index contributed by atoms with van der Waals surface area (Å²) in [6.07, 6.45) is 1.75. The summed E-state index contributed by atoms with van der Waals surface area (Å²) in [5.41, 5.74) is 4.79. The number of nitrogens with zero attached hydrogens (tertiary/aromatic N) is 1. The molecule has 1 saturated heterocycles. The quantitative estimate of drug-likeness (QED) is 0.548. The number of hydrogen-bond acceptors (Lipinski definition) is 4. The first-order chi connectivity index (χ1) is 12.7. The van der Waals surface area contributed by atoms with Crippen LogP contribution in [0.2, 0.25) is 0 Å². The molecule has 2 aromatic carbocycles. The summed E-state index contributed by atoms with van der Waals surface area (Å²) in [4.78, 5) is 26.7. The van der Waals surface area contributed by atoms with E-state index in [9.17, 15) is 9.59 Å². The summed E-state index contributed by atoms with van der Waals surface area (Å²) in [6.45, 7) is 0. The first-order valence-corrected chi connectivity index (χ1v) is 8.57. The van der Waals surface area contributed by atoms with Crippen molar-refractivity contribution in [2.45, 2.75) is 24.9 Å². The van der Waals surface area contributed by atoms with E-state index in [1.54, 1.807) is 23.7 Å². The third kappa shape index (κ3) is 2.02. The molecule has 2 bridgehead atoms. The van der Waals surface area contributed by atoms with Crippen LogP contribution in [0.5, 0.6) is 0 Å². The van der Waals surface area contributed by atoms with Crippen molar-refractivity contribution in [1.82, 2.24) is 10.4 Å². The van der Waals surface area contributed by atoms with Crippen molar-refractivity contribution in [2.75, 3.05) is 0 Å². The monoisotopic (exact) mass is 348 g/mol. The van der Waals surface area contributed by atoms with E-state index in [1.807, 2.05) is 35.2 Å². The molecule has 3 aromatic rings. The first-order valence-electron chi connectivity index (χ1n) is 8.57. The maximum Gasteiger partial charge on any atom is 0.290 e. The molecular formula is C20H16N2O4. The van der Waals surface area contributed by atoms with Gasteiger partial charge in [-0.1, -0.05) is 24.3 Å². The van der Waals surface area contributed by atoms with Crippen LogP contribution in [-0.4, -0.2) is 21.9 Å². The Morgan fingerprint density at radius 3 is 2.58 bits per heavy atom.